The second-order valence-corrected chi connectivity index (χ2v) is 4.13. The van der Waals surface area contributed by atoms with E-state index in [-0.39, 0.29) is 24.4 Å². The number of amides is 1. The highest BCUT2D eigenvalue weighted by Crippen LogP contribution is 2.18. The molecule has 0 aliphatic carbocycles. The Bertz CT molecular complexity index is 365. The van der Waals surface area contributed by atoms with Gasteiger partial charge < -0.3 is 11.1 Å². The minimum atomic E-state index is -0.482. The number of benzene rings is 1. The zero-order valence-corrected chi connectivity index (χ0v) is 11.5. The topological polar surface area (TPSA) is 55.1 Å². The van der Waals surface area contributed by atoms with Crippen molar-refractivity contribution in [3.63, 3.8) is 0 Å². The molecule has 4 heteroatoms. The van der Waals surface area contributed by atoms with Gasteiger partial charge >= 0.3 is 0 Å². The van der Waals surface area contributed by atoms with Crippen molar-refractivity contribution in [1.29, 1.82) is 0 Å². The highest BCUT2D eigenvalue weighted by Gasteiger charge is 2.15. The summed E-state index contributed by atoms with van der Waals surface area (Å²) in [4.78, 5) is 11.6. The van der Waals surface area contributed by atoms with Gasteiger partial charge in [-0.25, -0.2) is 0 Å². The zero-order valence-electron chi connectivity index (χ0n) is 10.6. The second kappa shape index (κ2) is 8.72. The Morgan fingerprint density at radius 2 is 2.06 bits per heavy atom. The van der Waals surface area contributed by atoms with E-state index in [4.69, 9.17) is 5.73 Å². The maximum absolute atomic E-state index is 11.6. The lowest BCUT2D eigenvalue weighted by Gasteiger charge is -2.19. The Morgan fingerprint density at radius 3 is 2.56 bits per heavy atom. The Hall–Kier alpha value is -1.32. The molecule has 0 saturated carbocycles. The molecule has 1 aromatic carbocycles. The fourth-order valence-electron chi connectivity index (χ4n) is 1.60. The third kappa shape index (κ3) is 5.34. The summed E-state index contributed by atoms with van der Waals surface area (Å²) in [7, 11) is 0. The smallest absolute Gasteiger partial charge is 0.237 e. The molecule has 18 heavy (non-hydrogen) atoms. The lowest BCUT2D eigenvalue weighted by molar-refractivity contribution is -0.122. The molecule has 0 fully saturated rings. The van der Waals surface area contributed by atoms with Crippen molar-refractivity contribution in [2.45, 2.75) is 31.8 Å². The first kappa shape index (κ1) is 16.7. The van der Waals surface area contributed by atoms with Gasteiger partial charge in [-0.1, -0.05) is 36.4 Å². The van der Waals surface area contributed by atoms with E-state index < -0.39 is 6.04 Å². The maximum atomic E-state index is 11.6. The van der Waals surface area contributed by atoms with E-state index in [1.807, 2.05) is 36.4 Å². The van der Waals surface area contributed by atoms with Gasteiger partial charge in [0.25, 0.3) is 0 Å². The fraction of sp³-hybridized carbons (Fsp3) is 0.357. The molecule has 0 aliphatic rings. The summed E-state index contributed by atoms with van der Waals surface area (Å²) in [6.07, 6.45) is 3.55. The van der Waals surface area contributed by atoms with Gasteiger partial charge in [0.1, 0.15) is 0 Å². The lowest BCUT2D eigenvalue weighted by Crippen LogP contribution is -2.40. The first-order valence-corrected chi connectivity index (χ1v) is 5.87. The molecule has 100 valence electrons. The molecule has 0 aliphatic heterocycles. The van der Waals surface area contributed by atoms with Crippen molar-refractivity contribution in [2.75, 3.05) is 0 Å². The lowest BCUT2D eigenvalue weighted by atomic mass is 10.0. The molecule has 0 spiro atoms. The molecule has 0 heterocycles. The van der Waals surface area contributed by atoms with Crippen LogP contribution in [0.1, 0.15) is 31.4 Å². The van der Waals surface area contributed by atoms with E-state index >= 15 is 0 Å². The normalized spacial score (nSPS) is 13.0. The van der Waals surface area contributed by atoms with Crippen LogP contribution in [0, 0.1) is 0 Å². The van der Waals surface area contributed by atoms with Crippen LogP contribution in [0.3, 0.4) is 0 Å². The third-order valence-electron chi connectivity index (χ3n) is 2.59. The minimum absolute atomic E-state index is 0. The van der Waals surface area contributed by atoms with Gasteiger partial charge in [-0.3, -0.25) is 4.79 Å². The molecule has 2 unspecified atom stereocenters. The van der Waals surface area contributed by atoms with Crippen LogP contribution in [0.5, 0.6) is 0 Å². The summed E-state index contributed by atoms with van der Waals surface area (Å²) in [5.74, 6) is -0.122. The van der Waals surface area contributed by atoms with E-state index in [0.717, 1.165) is 18.4 Å². The Morgan fingerprint density at radius 1 is 1.44 bits per heavy atom. The number of halogens is 1. The van der Waals surface area contributed by atoms with Crippen LogP contribution in [-0.4, -0.2) is 11.9 Å². The molecule has 0 saturated heterocycles. The summed E-state index contributed by atoms with van der Waals surface area (Å²) in [6.45, 7) is 5.39. The summed E-state index contributed by atoms with van der Waals surface area (Å²) in [6, 6.07) is 9.44. The second-order valence-electron chi connectivity index (χ2n) is 4.13. The summed E-state index contributed by atoms with van der Waals surface area (Å²) >= 11 is 0. The van der Waals surface area contributed by atoms with Gasteiger partial charge in [0.05, 0.1) is 12.1 Å². The molecule has 0 radical (unpaired) electrons. The monoisotopic (exact) mass is 268 g/mol. The van der Waals surface area contributed by atoms with Crippen molar-refractivity contribution in [1.82, 2.24) is 5.32 Å². The number of carbonyl (C=O) groups is 1. The fourth-order valence-corrected chi connectivity index (χ4v) is 1.60. The average Bonchev–Trinajstić information content (AvgIpc) is 2.35. The van der Waals surface area contributed by atoms with Crippen LogP contribution in [-0.2, 0) is 4.79 Å². The van der Waals surface area contributed by atoms with E-state index in [9.17, 15) is 4.79 Å². The van der Waals surface area contributed by atoms with Gasteiger partial charge in [-0.05, 0) is 25.3 Å². The molecule has 0 bridgehead atoms. The van der Waals surface area contributed by atoms with E-state index in [1.54, 1.807) is 6.92 Å². The van der Waals surface area contributed by atoms with Gasteiger partial charge in [0.15, 0.2) is 0 Å². The summed E-state index contributed by atoms with van der Waals surface area (Å²) < 4.78 is 0. The number of allylic oxidation sites excluding steroid dienone is 1. The third-order valence-corrected chi connectivity index (χ3v) is 2.59. The zero-order chi connectivity index (χ0) is 12.7. The maximum Gasteiger partial charge on any atom is 0.237 e. The quantitative estimate of drug-likeness (QED) is 0.779. The van der Waals surface area contributed by atoms with Gasteiger partial charge in [0.2, 0.25) is 5.91 Å². The predicted octanol–water partition coefficient (Wildman–Crippen LogP) is 2.58. The molecule has 3 N–H and O–H groups in total. The predicted molar refractivity (Wildman–Crippen MR) is 77.7 cm³/mol. The van der Waals surface area contributed by atoms with Crippen LogP contribution < -0.4 is 11.1 Å². The highest BCUT2D eigenvalue weighted by atomic mass is 35.5. The number of hydrogen-bond acceptors (Lipinski definition) is 2. The number of hydrogen-bond donors (Lipinski definition) is 2. The number of carbonyl (C=O) groups excluding carboxylic acids is 1. The van der Waals surface area contributed by atoms with Crippen LogP contribution in [0.4, 0.5) is 0 Å². The van der Waals surface area contributed by atoms with E-state index in [2.05, 4.69) is 11.9 Å². The van der Waals surface area contributed by atoms with Crippen molar-refractivity contribution in [3.05, 3.63) is 48.6 Å². The molecular weight excluding hydrogens is 248 g/mol. The Kier molecular flexibility index (Phi) is 8.08. The molecule has 2 atom stereocenters. The van der Waals surface area contributed by atoms with Crippen LogP contribution in [0.2, 0.25) is 0 Å². The molecule has 3 nitrogen and oxygen atoms in total. The standard InChI is InChI=1S/C14H20N2O.ClH/c1-3-4-10-13(16-14(17)11(2)15)12-8-6-5-7-9-12;/h3,5-9,11,13H,1,4,10,15H2,2H3,(H,16,17);1H. The SMILES string of the molecule is C=CCCC(NC(=O)C(C)N)c1ccccc1.Cl. The molecule has 1 amide bonds. The molecule has 0 aromatic heterocycles. The van der Waals surface area contributed by atoms with Crippen molar-refractivity contribution < 1.29 is 4.79 Å². The van der Waals surface area contributed by atoms with E-state index in [1.165, 1.54) is 0 Å². The number of nitrogens with two attached hydrogens (primary N) is 1. The largest absolute Gasteiger partial charge is 0.348 e. The average molecular weight is 269 g/mol. The number of nitrogens with one attached hydrogen (secondary N) is 1. The number of rotatable bonds is 6. The molecule has 1 rings (SSSR count). The Balaban J connectivity index is 0.00000289. The van der Waals surface area contributed by atoms with Gasteiger partial charge in [-0.2, -0.15) is 0 Å². The molecular formula is C14H21ClN2O. The first-order chi connectivity index (χ1) is 8.15. The van der Waals surface area contributed by atoms with Crippen molar-refractivity contribution in [2.24, 2.45) is 5.73 Å². The Labute approximate surface area is 115 Å². The minimum Gasteiger partial charge on any atom is -0.348 e. The van der Waals surface area contributed by atoms with Crippen LogP contribution in [0.15, 0.2) is 43.0 Å². The van der Waals surface area contributed by atoms with Gasteiger partial charge in [0, 0.05) is 0 Å². The van der Waals surface area contributed by atoms with Crippen molar-refractivity contribution >= 4 is 18.3 Å². The summed E-state index contributed by atoms with van der Waals surface area (Å²) in [5, 5.41) is 2.96. The summed E-state index contributed by atoms with van der Waals surface area (Å²) in [5.41, 5.74) is 6.66. The van der Waals surface area contributed by atoms with Crippen molar-refractivity contribution in [3.8, 4) is 0 Å². The molecule has 1 aromatic rings. The van der Waals surface area contributed by atoms with E-state index in [0.29, 0.717) is 0 Å². The van der Waals surface area contributed by atoms with Gasteiger partial charge in [-0.15, -0.1) is 19.0 Å². The van der Waals surface area contributed by atoms with Crippen LogP contribution in [0.25, 0.3) is 0 Å². The van der Waals surface area contributed by atoms with Crippen LogP contribution >= 0.6 is 12.4 Å². The highest BCUT2D eigenvalue weighted by molar-refractivity contribution is 5.85. The first-order valence-electron chi connectivity index (χ1n) is 5.87.